The first-order valence-corrected chi connectivity index (χ1v) is 10.7. The van der Waals surface area contributed by atoms with Crippen molar-refractivity contribution >= 4 is 39.4 Å². The van der Waals surface area contributed by atoms with Gasteiger partial charge in [0.2, 0.25) is 0 Å². The molecule has 0 saturated carbocycles. The van der Waals surface area contributed by atoms with Gasteiger partial charge in [-0.15, -0.1) is 0 Å². The van der Waals surface area contributed by atoms with Crippen LogP contribution in [-0.4, -0.2) is 23.9 Å². The summed E-state index contributed by atoms with van der Waals surface area (Å²) in [7, 11) is 1.56. The van der Waals surface area contributed by atoms with E-state index >= 15 is 0 Å². The molecule has 3 aromatic rings. The van der Waals surface area contributed by atoms with Crippen molar-refractivity contribution in [2.75, 3.05) is 12.0 Å². The molecule has 1 amide bonds. The molecule has 1 aliphatic heterocycles. The number of carbonyl (C=O) groups excluding carboxylic acids is 2. The van der Waals surface area contributed by atoms with Gasteiger partial charge in [-0.25, -0.2) is 0 Å². The first kappa shape index (κ1) is 21.6. The zero-order chi connectivity index (χ0) is 22.7. The van der Waals surface area contributed by atoms with Gasteiger partial charge in [0, 0.05) is 10.2 Å². The van der Waals surface area contributed by atoms with Crippen molar-refractivity contribution in [3.8, 4) is 5.75 Å². The van der Waals surface area contributed by atoms with Crippen molar-refractivity contribution < 1.29 is 19.4 Å². The maximum absolute atomic E-state index is 13.2. The molecule has 160 valence electrons. The van der Waals surface area contributed by atoms with E-state index in [2.05, 4.69) is 15.9 Å². The Bertz CT molecular complexity index is 1200. The lowest BCUT2D eigenvalue weighted by Gasteiger charge is -2.27. The number of anilines is 1. The number of halogens is 1. The smallest absolute Gasteiger partial charge is 0.294 e. The van der Waals surface area contributed by atoms with E-state index in [-0.39, 0.29) is 5.57 Å². The summed E-state index contributed by atoms with van der Waals surface area (Å²) in [5.74, 6) is -0.959. The summed E-state index contributed by atoms with van der Waals surface area (Å²) in [5, 5.41) is 10.7. The average Bonchev–Trinajstić information content (AvgIpc) is 3.09. The van der Waals surface area contributed by atoms with Gasteiger partial charge in [0.1, 0.15) is 5.75 Å². The van der Waals surface area contributed by atoms with Gasteiger partial charge >= 0.3 is 0 Å². The molecule has 32 heavy (non-hydrogen) atoms. The third-order valence-corrected chi connectivity index (χ3v) is 5.77. The van der Waals surface area contributed by atoms with Crippen molar-refractivity contribution in [3.63, 3.8) is 0 Å². The Hall–Kier alpha value is -3.64. The molecule has 5 nitrogen and oxygen atoms in total. The normalized spacial score (nSPS) is 16.1. The molecule has 1 unspecified atom stereocenters. The molecule has 0 bridgehead atoms. The van der Waals surface area contributed by atoms with E-state index < -0.39 is 23.5 Å². The zero-order valence-electron chi connectivity index (χ0n) is 17.2. The van der Waals surface area contributed by atoms with Gasteiger partial charge in [0.15, 0.2) is 11.5 Å². The van der Waals surface area contributed by atoms with Crippen molar-refractivity contribution in [3.05, 3.63) is 112 Å². The molecule has 0 spiro atoms. The maximum Gasteiger partial charge on any atom is 0.294 e. The highest BCUT2D eigenvalue weighted by atomic mass is 79.9. The fourth-order valence-electron chi connectivity index (χ4n) is 3.65. The van der Waals surface area contributed by atoms with Crippen molar-refractivity contribution in [1.29, 1.82) is 0 Å². The molecule has 1 heterocycles. The van der Waals surface area contributed by atoms with Gasteiger partial charge in [0.25, 0.3) is 5.91 Å². The van der Waals surface area contributed by atoms with Crippen LogP contribution in [-0.2, 0) is 9.59 Å². The predicted molar refractivity (Wildman–Crippen MR) is 128 cm³/mol. The van der Waals surface area contributed by atoms with Gasteiger partial charge in [-0.05, 0) is 53.6 Å². The van der Waals surface area contributed by atoms with E-state index in [1.54, 1.807) is 37.5 Å². The number of amides is 1. The molecule has 4 rings (SSSR count). The Labute approximate surface area is 194 Å². The first-order valence-electron chi connectivity index (χ1n) is 9.93. The molecule has 1 aliphatic rings. The number of ether oxygens (including phenoxy) is 1. The number of hydrogen-bond acceptors (Lipinski definition) is 4. The number of methoxy groups -OCH3 is 1. The second-order valence-electron chi connectivity index (χ2n) is 7.20. The van der Waals surface area contributed by atoms with E-state index in [0.717, 1.165) is 10.0 Å². The van der Waals surface area contributed by atoms with Crippen LogP contribution in [0.3, 0.4) is 0 Å². The Morgan fingerprint density at radius 2 is 1.66 bits per heavy atom. The number of carbonyl (C=O) groups is 2. The summed E-state index contributed by atoms with van der Waals surface area (Å²) in [5.41, 5.74) is 2.14. The van der Waals surface area contributed by atoms with Gasteiger partial charge in [-0.1, -0.05) is 64.5 Å². The molecule has 1 atom stereocenters. The monoisotopic (exact) mass is 489 g/mol. The Morgan fingerprint density at radius 3 is 2.28 bits per heavy atom. The number of hydrogen-bond donors (Lipinski definition) is 1. The number of aliphatic hydroxyl groups is 1. The van der Waals surface area contributed by atoms with E-state index in [0.29, 0.717) is 17.0 Å². The lowest BCUT2D eigenvalue weighted by molar-refractivity contribution is -0.117. The zero-order valence-corrected chi connectivity index (χ0v) is 18.8. The van der Waals surface area contributed by atoms with Crippen LogP contribution >= 0.6 is 15.9 Å². The van der Waals surface area contributed by atoms with Crippen LogP contribution in [0.15, 0.2) is 101 Å². The highest BCUT2D eigenvalue weighted by Crippen LogP contribution is 2.41. The second kappa shape index (κ2) is 9.24. The molecular formula is C26H20BrNO4. The third-order valence-electron chi connectivity index (χ3n) is 5.24. The summed E-state index contributed by atoms with van der Waals surface area (Å²) in [4.78, 5) is 27.7. The minimum absolute atomic E-state index is 0.0420. The van der Waals surface area contributed by atoms with E-state index in [1.807, 2.05) is 54.6 Å². The molecule has 0 aromatic heterocycles. The standard InChI is InChI=1S/C26H20BrNO4/c1-32-21-14-12-20(13-15-21)28-24(18-8-10-19(27)11-9-18)23(25(30)26(28)31)22(29)16-7-17-5-3-2-4-6-17/h2-16,24,30H,1H3. The minimum Gasteiger partial charge on any atom is -0.503 e. The summed E-state index contributed by atoms with van der Waals surface area (Å²) in [6, 6.07) is 22.8. The van der Waals surface area contributed by atoms with Crippen LogP contribution in [0.25, 0.3) is 6.08 Å². The fourth-order valence-corrected chi connectivity index (χ4v) is 3.92. The Balaban J connectivity index is 1.77. The maximum atomic E-state index is 13.2. The quantitative estimate of drug-likeness (QED) is 0.455. The largest absolute Gasteiger partial charge is 0.503 e. The summed E-state index contributed by atoms with van der Waals surface area (Å²) < 4.78 is 6.07. The van der Waals surface area contributed by atoms with Gasteiger partial charge in [-0.3, -0.25) is 14.5 Å². The molecule has 3 aromatic carbocycles. The number of ketones is 1. The topological polar surface area (TPSA) is 66.8 Å². The lowest BCUT2D eigenvalue weighted by Crippen LogP contribution is -2.30. The minimum atomic E-state index is -0.767. The Morgan fingerprint density at radius 1 is 1.00 bits per heavy atom. The average molecular weight is 490 g/mol. The lowest BCUT2D eigenvalue weighted by atomic mass is 9.95. The van der Waals surface area contributed by atoms with Crippen molar-refractivity contribution in [2.24, 2.45) is 0 Å². The Kier molecular flexibility index (Phi) is 6.23. The summed E-state index contributed by atoms with van der Waals surface area (Å²) in [6.45, 7) is 0. The summed E-state index contributed by atoms with van der Waals surface area (Å²) in [6.07, 6.45) is 3.05. The van der Waals surface area contributed by atoms with Gasteiger partial charge in [0.05, 0.1) is 18.7 Å². The highest BCUT2D eigenvalue weighted by molar-refractivity contribution is 9.10. The third kappa shape index (κ3) is 4.22. The van der Waals surface area contributed by atoms with Crippen molar-refractivity contribution in [2.45, 2.75) is 6.04 Å². The number of nitrogens with zero attached hydrogens (tertiary/aromatic N) is 1. The van der Waals surface area contributed by atoms with Crippen LogP contribution < -0.4 is 9.64 Å². The van der Waals surface area contributed by atoms with Crippen molar-refractivity contribution in [1.82, 2.24) is 0 Å². The molecule has 0 radical (unpaired) electrons. The predicted octanol–water partition coefficient (Wildman–Crippen LogP) is 5.64. The molecule has 1 N–H and O–H groups in total. The van der Waals surface area contributed by atoms with E-state index in [9.17, 15) is 14.7 Å². The number of benzene rings is 3. The molecule has 6 heteroatoms. The molecule has 0 aliphatic carbocycles. The number of aliphatic hydroxyl groups excluding tert-OH is 1. The van der Waals surface area contributed by atoms with Crippen LogP contribution in [0.1, 0.15) is 17.2 Å². The molecule has 0 fully saturated rings. The second-order valence-corrected chi connectivity index (χ2v) is 8.11. The van der Waals surface area contributed by atoms with Crippen LogP contribution in [0.2, 0.25) is 0 Å². The van der Waals surface area contributed by atoms with Gasteiger partial charge < -0.3 is 9.84 Å². The molecular weight excluding hydrogens is 470 g/mol. The first-order chi connectivity index (χ1) is 15.5. The fraction of sp³-hybridized carbons (Fsp3) is 0.0769. The number of rotatable bonds is 6. The molecule has 0 saturated heterocycles. The van der Waals surface area contributed by atoms with Crippen LogP contribution in [0, 0.1) is 0 Å². The van der Waals surface area contributed by atoms with E-state index in [1.165, 1.54) is 11.0 Å². The number of allylic oxidation sites excluding steroid dienone is 1. The van der Waals surface area contributed by atoms with Crippen LogP contribution in [0.5, 0.6) is 5.75 Å². The van der Waals surface area contributed by atoms with E-state index in [4.69, 9.17) is 4.74 Å². The summed E-state index contributed by atoms with van der Waals surface area (Å²) >= 11 is 3.41. The SMILES string of the molecule is COc1ccc(N2C(=O)C(O)=C(C(=O)C=Cc3ccccc3)C2c2ccc(Br)cc2)cc1. The highest BCUT2D eigenvalue weighted by Gasteiger charge is 2.43. The van der Waals surface area contributed by atoms with Gasteiger partial charge in [-0.2, -0.15) is 0 Å². The van der Waals surface area contributed by atoms with Crippen LogP contribution in [0.4, 0.5) is 5.69 Å².